The number of anilines is 3. The van der Waals surface area contributed by atoms with Gasteiger partial charge in [0.1, 0.15) is 11.5 Å². The van der Waals surface area contributed by atoms with E-state index in [1.54, 1.807) is 24.3 Å². The summed E-state index contributed by atoms with van der Waals surface area (Å²) in [5.74, 6) is -0.539. The standard InChI is InChI=1S/C27H34N4O6/c1-19-26(36)24(28-20-2-6-22(7-3-20)30(10-14-32)11-15-33)18-25(27(19)37)29-21-4-8-23(9-5-21)31(12-16-34)13-17-35/h2-9,18,28,32-35,37H,10-17H2,1H3. The van der Waals surface area contributed by atoms with Gasteiger partial charge in [-0.1, -0.05) is 0 Å². The first-order valence-corrected chi connectivity index (χ1v) is 12.1. The van der Waals surface area contributed by atoms with Crippen LogP contribution in [0.4, 0.5) is 22.7 Å². The highest BCUT2D eigenvalue weighted by Gasteiger charge is 2.24. The number of hydrogen-bond acceptors (Lipinski definition) is 10. The molecule has 0 aliphatic heterocycles. The van der Waals surface area contributed by atoms with Gasteiger partial charge in [0.25, 0.3) is 0 Å². The van der Waals surface area contributed by atoms with Crippen LogP contribution >= 0.6 is 0 Å². The van der Waals surface area contributed by atoms with Gasteiger partial charge in [0.05, 0.1) is 37.8 Å². The van der Waals surface area contributed by atoms with Gasteiger partial charge in [-0.15, -0.1) is 0 Å². The van der Waals surface area contributed by atoms with Crippen molar-refractivity contribution in [1.82, 2.24) is 0 Å². The molecule has 37 heavy (non-hydrogen) atoms. The zero-order valence-electron chi connectivity index (χ0n) is 20.8. The lowest BCUT2D eigenvalue weighted by Crippen LogP contribution is -2.29. The Kier molecular flexibility index (Phi) is 10.2. The normalized spacial score (nSPS) is 14.7. The van der Waals surface area contributed by atoms with Gasteiger partial charge < -0.3 is 40.6 Å². The largest absolute Gasteiger partial charge is 0.505 e. The second-order valence-corrected chi connectivity index (χ2v) is 8.41. The highest BCUT2D eigenvalue weighted by molar-refractivity contribution is 6.24. The van der Waals surface area contributed by atoms with Crippen LogP contribution in [0.25, 0.3) is 0 Å². The van der Waals surface area contributed by atoms with Crippen LogP contribution < -0.4 is 15.1 Å². The predicted molar refractivity (Wildman–Crippen MR) is 145 cm³/mol. The molecule has 0 fully saturated rings. The van der Waals surface area contributed by atoms with Crippen molar-refractivity contribution < 1.29 is 30.3 Å². The average molecular weight is 511 g/mol. The minimum Gasteiger partial charge on any atom is -0.505 e. The molecule has 2 aromatic carbocycles. The van der Waals surface area contributed by atoms with Gasteiger partial charge in [-0.05, 0) is 61.5 Å². The summed E-state index contributed by atoms with van der Waals surface area (Å²) in [6.07, 6.45) is 1.50. The van der Waals surface area contributed by atoms with Crippen molar-refractivity contribution in [2.24, 2.45) is 4.99 Å². The molecule has 0 spiro atoms. The third-order valence-corrected chi connectivity index (χ3v) is 5.92. The molecule has 198 valence electrons. The first-order valence-electron chi connectivity index (χ1n) is 12.1. The molecule has 3 rings (SSSR count). The third kappa shape index (κ3) is 7.17. The number of aliphatic hydroxyl groups is 5. The first kappa shape index (κ1) is 27.9. The minimum atomic E-state index is -0.346. The second-order valence-electron chi connectivity index (χ2n) is 8.41. The van der Waals surface area contributed by atoms with Crippen LogP contribution in [-0.2, 0) is 4.79 Å². The van der Waals surface area contributed by atoms with E-state index in [0.717, 1.165) is 11.4 Å². The highest BCUT2D eigenvalue weighted by Crippen LogP contribution is 2.26. The Labute approximate surface area is 216 Å². The van der Waals surface area contributed by atoms with Crippen molar-refractivity contribution >= 4 is 34.2 Å². The molecule has 10 heteroatoms. The highest BCUT2D eigenvalue weighted by atomic mass is 16.3. The fraction of sp³-hybridized carbons (Fsp3) is 0.333. The number of nitrogens with one attached hydrogen (secondary N) is 1. The van der Waals surface area contributed by atoms with Gasteiger partial charge in [-0.2, -0.15) is 0 Å². The molecule has 1 aliphatic carbocycles. The number of benzene rings is 2. The molecule has 6 N–H and O–H groups in total. The SMILES string of the molecule is CC1=C(O)C(=Nc2ccc(N(CCO)CCO)cc2)C=C(Nc2ccc(N(CCO)CCO)cc2)C1=O. The van der Waals surface area contributed by atoms with E-state index in [4.69, 9.17) is 0 Å². The van der Waals surface area contributed by atoms with Crippen LogP contribution in [0.5, 0.6) is 0 Å². The first-order chi connectivity index (χ1) is 17.9. The summed E-state index contributed by atoms with van der Waals surface area (Å²) >= 11 is 0. The lowest BCUT2D eigenvalue weighted by atomic mass is 9.99. The van der Waals surface area contributed by atoms with Crippen LogP contribution in [0, 0.1) is 0 Å². The fourth-order valence-electron chi connectivity index (χ4n) is 3.96. The molecular weight excluding hydrogens is 476 g/mol. The topological polar surface area (TPSA) is 149 Å². The summed E-state index contributed by atoms with van der Waals surface area (Å²) in [5.41, 5.74) is 3.54. The summed E-state index contributed by atoms with van der Waals surface area (Å²) in [6, 6.07) is 14.4. The van der Waals surface area contributed by atoms with Crippen LogP contribution in [-0.4, -0.2) is 89.6 Å². The fourth-order valence-corrected chi connectivity index (χ4v) is 3.96. The van der Waals surface area contributed by atoms with Gasteiger partial charge in [-0.3, -0.25) is 4.79 Å². The number of ketones is 1. The number of Topliss-reactive ketones (excluding diaryl/α,β-unsaturated/α-hetero) is 1. The van der Waals surface area contributed by atoms with Gasteiger partial charge in [-0.25, -0.2) is 4.99 Å². The summed E-state index contributed by atoms with van der Waals surface area (Å²) < 4.78 is 0. The van der Waals surface area contributed by atoms with E-state index >= 15 is 0 Å². The molecule has 0 saturated carbocycles. The number of allylic oxidation sites excluding steroid dienone is 2. The molecule has 0 amide bonds. The maximum Gasteiger partial charge on any atom is 0.208 e. The van der Waals surface area contributed by atoms with E-state index < -0.39 is 0 Å². The Morgan fingerprint density at radius 3 is 1.68 bits per heavy atom. The molecule has 10 nitrogen and oxygen atoms in total. The zero-order chi connectivity index (χ0) is 26.8. The number of aliphatic hydroxyl groups excluding tert-OH is 5. The lowest BCUT2D eigenvalue weighted by molar-refractivity contribution is -0.112. The average Bonchev–Trinajstić information content (AvgIpc) is 2.91. The minimum absolute atomic E-state index is 0.0368. The molecule has 2 aromatic rings. The zero-order valence-corrected chi connectivity index (χ0v) is 20.8. The second kappa shape index (κ2) is 13.6. The molecule has 0 aromatic heterocycles. The van der Waals surface area contributed by atoms with Crippen LogP contribution in [0.15, 0.2) is 76.6 Å². The summed E-state index contributed by atoms with van der Waals surface area (Å²) in [4.78, 5) is 21.0. The van der Waals surface area contributed by atoms with Crippen LogP contribution in [0.1, 0.15) is 6.92 Å². The van der Waals surface area contributed by atoms with E-state index in [1.807, 2.05) is 34.1 Å². The van der Waals surface area contributed by atoms with Crippen molar-refractivity contribution in [3.63, 3.8) is 0 Å². The van der Waals surface area contributed by atoms with Crippen molar-refractivity contribution in [2.45, 2.75) is 6.92 Å². The quantitative estimate of drug-likeness (QED) is 0.222. The summed E-state index contributed by atoms with van der Waals surface area (Å²) in [5, 5.41) is 50.7. The van der Waals surface area contributed by atoms with Gasteiger partial charge >= 0.3 is 0 Å². The summed E-state index contributed by atoms with van der Waals surface area (Å²) in [6.45, 7) is 2.95. The molecule has 0 bridgehead atoms. The van der Waals surface area contributed by atoms with E-state index in [1.165, 1.54) is 13.0 Å². The number of nitrogens with zero attached hydrogens (tertiary/aromatic N) is 3. The molecule has 1 aliphatic rings. The Hall–Kier alpha value is -3.70. The molecule has 0 radical (unpaired) electrons. The van der Waals surface area contributed by atoms with Crippen LogP contribution in [0.2, 0.25) is 0 Å². The number of aliphatic imine (C=N–C) groups is 1. The third-order valence-electron chi connectivity index (χ3n) is 5.92. The van der Waals surface area contributed by atoms with E-state index in [-0.39, 0.29) is 55.0 Å². The van der Waals surface area contributed by atoms with Gasteiger partial charge in [0.2, 0.25) is 5.78 Å². The van der Waals surface area contributed by atoms with E-state index in [9.17, 15) is 30.3 Å². The van der Waals surface area contributed by atoms with E-state index in [2.05, 4.69) is 10.3 Å². The Morgan fingerprint density at radius 1 is 0.757 bits per heavy atom. The maximum absolute atomic E-state index is 12.8. The van der Waals surface area contributed by atoms with Gasteiger partial charge in [0, 0.05) is 48.8 Å². The van der Waals surface area contributed by atoms with Crippen molar-refractivity contribution in [1.29, 1.82) is 0 Å². The molecule has 0 atom stereocenters. The lowest BCUT2D eigenvalue weighted by Gasteiger charge is -2.23. The molecular formula is C27H34N4O6. The monoisotopic (exact) mass is 510 g/mol. The maximum atomic E-state index is 12.8. The molecule has 0 unspecified atom stereocenters. The van der Waals surface area contributed by atoms with Gasteiger partial charge in [0.15, 0.2) is 0 Å². The predicted octanol–water partition coefficient (Wildman–Crippen LogP) is 1.75. The Morgan fingerprint density at radius 2 is 1.22 bits per heavy atom. The molecule has 0 heterocycles. The molecule has 0 saturated heterocycles. The number of rotatable bonds is 13. The van der Waals surface area contributed by atoms with Crippen molar-refractivity contribution in [3.8, 4) is 0 Å². The Bertz CT molecular complexity index is 1130. The Balaban J connectivity index is 1.82. The van der Waals surface area contributed by atoms with Crippen molar-refractivity contribution in [3.05, 3.63) is 71.6 Å². The number of hydrogen-bond donors (Lipinski definition) is 6. The van der Waals surface area contributed by atoms with Crippen molar-refractivity contribution in [2.75, 3.05) is 67.7 Å². The van der Waals surface area contributed by atoms with Crippen LogP contribution in [0.3, 0.4) is 0 Å². The number of carbonyl (C=O) groups excluding carboxylic acids is 1. The number of carbonyl (C=O) groups is 1. The summed E-state index contributed by atoms with van der Waals surface area (Å²) in [7, 11) is 0. The smallest absolute Gasteiger partial charge is 0.208 e. The van der Waals surface area contributed by atoms with E-state index in [0.29, 0.717) is 37.6 Å².